The normalized spacial score (nSPS) is 16.9. The molecule has 2 rings (SSSR count). The maximum atomic E-state index is 11.7. The van der Waals surface area contributed by atoms with Gasteiger partial charge in [-0.05, 0) is 30.5 Å². The Balaban J connectivity index is 2.07. The van der Waals surface area contributed by atoms with Crippen LogP contribution in [0, 0.1) is 0 Å². The quantitative estimate of drug-likeness (QED) is 0.852. The minimum Gasteiger partial charge on any atom is -0.341 e. The Hall–Kier alpha value is -1.35. The van der Waals surface area contributed by atoms with Gasteiger partial charge in [0, 0.05) is 25.6 Å². The highest BCUT2D eigenvalue weighted by Gasteiger charge is 2.23. The Morgan fingerprint density at radius 3 is 2.53 bits per heavy atom. The minimum atomic E-state index is 0.248. The van der Waals surface area contributed by atoms with Crippen LogP contribution >= 0.6 is 0 Å². The first kappa shape index (κ1) is 14.1. The highest BCUT2D eigenvalue weighted by molar-refractivity contribution is 5.78. The Kier molecular flexibility index (Phi) is 4.97. The van der Waals surface area contributed by atoms with Gasteiger partial charge in [0.05, 0.1) is 0 Å². The molecule has 3 nitrogen and oxygen atoms in total. The van der Waals surface area contributed by atoms with Crippen molar-refractivity contribution in [1.82, 2.24) is 10.2 Å². The number of hydrogen-bond acceptors (Lipinski definition) is 2. The first-order valence-electron chi connectivity index (χ1n) is 7.34. The molecule has 1 aromatic carbocycles. The summed E-state index contributed by atoms with van der Waals surface area (Å²) in [4.78, 5) is 13.7. The first-order valence-corrected chi connectivity index (χ1v) is 7.34. The third-order valence-electron chi connectivity index (χ3n) is 3.82. The Labute approximate surface area is 116 Å². The largest absolute Gasteiger partial charge is 0.341 e. The lowest BCUT2D eigenvalue weighted by Gasteiger charge is -2.25. The molecule has 0 saturated carbocycles. The molecule has 0 spiro atoms. The number of hydrogen-bond donors (Lipinski definition) is 1. The van der Waals surface area contributed by atoms with Gasteiger partial charge in [0.1, 0.15) is 0 Å². The molecule has 1 saturated heterocycles. The van der Waals surface area contributed by atoms with Crippen molar-refractivity contribution in [1.29, 1.82) is 0 Å². The smallest absolute Gasteiger partial charge is 0.222 e. The van der Waals surface area contributed by atoms with E-state index in [0.29, 0.717) is 12.3 Å². The molecule has 1 fully saturated rings. The van der Waals surface area contributed by atoms with Crippen LogP contribution in [-0.2, 0) is 11.2 Å². The van der Waals surface area contributed by atoms with Gasteiger partial charge in [0.15, 0.2) is 0 Å². The van der Waals surface area contributed by atoms with E-state index in [1.807, 2.05) is 4.90 Å². The SMILES string of the molecule is CCNC(CN1CCCC1=O)c1ccc(CC)cc1. The molecule has 1 aliphatic rings. The molecule has 0 bridgehead atoms. The number of carbonyl (C=O) groups is 1. The van der Waals surface area contributed by atoms with Gasteiger partial charge in [-0.2, -0.15) is 0 Å². The molecular formula is C16H24N2O. The molecule has 1 amide bonds. The molecule has 19 heavy (non-hydrogen) atoms. The van der Waals surface area contributed by atoms with Crippen molar-refractivity contribution < 1.29 is 4.79 Å². The second kappa shape index (κ2) is 6.71. The zero-order chi connectivity index (χ0) is 13.7. The lowest BCUT2D eigenvalue weighted by atomic mass is 10.0. The molecule has 1 atom stereocenters. The molecule has 1 N–H and O–H groups in total. The molecule has 1 aromatic rings. The number of benzene rings is 1. The molecule has 0 radical (unpaired) electrons. The summed E-state index contributed by atoms with van der Waals surface area (Å²) in [5.41, 5.74) is 2.63. The van der Waals surface area contributed by atoms with Crippen LogP contribution in [0.5, 0.6) is 0 Å². The van der Waals surface area contributed by atoms with Crippen LogP contribution in [0.2, 0.25) is 0 Å². The summed E-state index contributed by atoms with van der Waals surface area (Å²) in [6.07, 6.45) is 2.79. The summed E-state index contributed by atoms with van der Waals surface area (Å²) in [6, 6.07) is 8.99. The number of likely N-dealkylation sites (tertiary alicyclic amines) is 1. The van der Waals surface area contributed by atoms with Crippen molar-refractivity contribution in [2.24, 2.45) is 0 Å². The zero-order valence-electron chi connectivity index (χ0n) is 12.0. The van der Waals surface area contributed by atoms with Crippen LogP contribution in [0.1, 0.15) is 43.9 Å². The first-order chi connectivity index (χ1) is 9.24. The Morgan fingerprint density at radius 1 is 1.26 bits per heavy atom. The van der Waals surface area contributed by atoms with E-state index < -0.39 is 0 Å². The molecule has 0 aromatic heterocycles. The van der Waals surface area contributed by atoms with Gasteiger partial charge in [-0.1, -0.05) is 38.1 Å². The van der Waals surface area contributed by atoms with Gasteiger partial charge in [-0.3, -0.25) is 4.79 Å². The van der Waals surface area contributed by atoms with Crippen molar-refractivity contribution >= 4 is 5.91 Å². The fourth-order valence-corrected chi connectivity index (χ4v) is 2.64. The number of nitrogens with zero attached hydrogens (tertiary/aromatic N) is 1. The highest BCUT2D eigenvalue weighted by atomic mass is 16.2. The summed E-state index contributed by atoms with van der Waals surface area (Å²) in [6.45, 7) is 6.90. The van der Waals surface area contributed by atoms with Crippen molar-refractivity contribution in [2.75, 3.05) is 19.6 Å². The third kappa shape index (κ3) is 3.57. The standard InChI is InChI=1S/C16H24N2O/c1-3-13-7-9-14(10-8-13)15(17-4-2)12-18-11-5-6-16(18)19/h7-10,15,17H,3-6,11-12H2,1-2H3. The van der Waals surface area contributed by atoms with Gasteiger partial charge < -0.3 is 10.2 Å². The predicted molar refractivity (Wildman–Crippen MR) is 78.1 cm³/mol. The van der Waals surface area contributed by atoms with Crippen molar-refractivity contribution in [3.8, 4) is 0 Å². The van der Waals surface area contributed by atoms with Gasteiger partial charge in [0.25, 0.3) is 0 Å². The van der Waals surface area contributed by atoms with Crippen LogP contribution in [-0.4, -0.2) is 30.4 Å². The van der Waals surface area contributed by atoms with Gasteiger partial charge in [-0.25, -0.2) is 0 Å². The average Bonchev–Trinajstić information content (AvgIpc) is 2.84. The summed E-state index contributed by atoms with van der Waals surface area (Å²) in [5, 5.41) is 3.49. The second-order valence-electron chi connectivity index (χ2n) is 5.15. The van der Waals surface area contributed by atoms with E-state index in [0.717, 1.165) is 32.5 Å². The maximum Gasteiger partial charge on any atom is 0.222 e. The van der Waals surface area contributed by atoms with E-state index in [9.17, 15) is 4.79 Å². The zero-order valence-corrected chi connectivity index (χ0v) is 12.0. The second-order valence-corrected chi connectivity index (χ2v) is 5.15. The summed E-state index contributed by atoms with van der Waals surface area (Å²) >= 11 is 0. The average molecular weight is 260 g/mol. The van der Waals surface area contributed by atoms with E-state index >= 15 is 0 Å². The molecule has 1 aliphatic heterocycles. The van der Waals surface area contributed by atoms with Crippen molar-refractivity contribution in [3.63, 3.8) is 0 Å². The van der Waals surface area contributed by atoms with Crippen molar-refractivity contribution in [2.45, 2.75) is 39.2 Å². The Morgan fingerprint density at radius 2 is 2.00 bits per heavy atom. The lowest BCUT2D eigenvalue weighted by Crippen LogP contribution is -2.35. The van der Waals surface area contributed by atoms with E-state index in [1.165, 1.54) is 11.1 Å². The van der Waals surface area contributed by atoms with E-state index in [1.54, 1.807) is 0 Å². The fourth-order valence-electron chi connectivity index (χ4n) is 2.64. The topological polar surface area (TPSA) is 32.3 Å². The van der Waals surface area contributed by atoms with Gasteiger partial charge >= 0.3 is 0 Å². The van der Waals surface area contributed by atoms with Crippen LogP contribution in [0.25, 0.3) is 0 Å². The predicted octanol–water partition coefficient (Wildman–Crippen LogP) is 2.52. The van der Waals surface area contributed by atoms with Gasteiger partial charge in [-0.15, -0.1) is 0 Å². The molecule has 1 heterocycles. The molecule has 104 valence electrons. The van der Waals surface area contributed by atoms with E-state index in [-0.39, 0.29) is 6.04 Å². The number of carbonyl (C=O) groups excluding carboxylic acids is 1. The van der Waals surface area contributed by atoms with Crippen molar-refractivity contribution in [3.05, 3.63) is 35.4 Å². The van der Waals surface area contributed by atoms with E-state index in [2.05, 4.69) is 43.4 Å². The van der Waals surface area contributed by atoms with Crippen LogP contribution in [0.3, 0.4) is 0 Å². The lowest BCUT2D eigenvalue weighted by molar-refractivity contribution is -0.128. The molecule has 3 heteroatoms. The van der Waals surface area contributed by atoms with Crippen LogP contribution in [0.4, 0.5) is 0 Å². The van der Waals surface area contributed by atoms with Gasteiger partial charge in [0.2, 0.25) is 5.91 Å². The number of nitrogens with one attached hydrogen (secondary N) is 1. The monoisotopic (exact) mass is 260 g/mol. The number of likely N-dealkylation sites (N-methyl/N-ethyl adjacent to an activating group) is 1. The number of rotatable bonds is 6. The highest BCUT2D eigenvalue weighted by Crippen LogP contribution is 2.19. The number of amides is 1. The Bertz CT molecular complexity index is 413. The number of aryl methyl sites for hydroxylation is 1. The summed E-state index contributed by atoms with van der Waals surface area (Å²) in [7, 11) is 0. The maximum absolute atomic E-state index is 11.7. The molecular weight excluding hydrogens is 236 g/mol. The molecule has 0 aliphatic carbocycles. The summed E-state index contributed by atoms with van der Waals surface area (Å²) < 4.78 is 0. The van der Waals surface area contributed by atoms with Crippen LogP contribution < -0.4 is 5.32 Å². The van der Waals surface area contributed by atoms with E-state index in [4.69, 9.17) is 0 Å². The minimum absolute atomic E-state index is 0.248. The van der Waals surface area contributed by atoms with Crippen LogP contribution in [0.15, 0.2) is 24.3 Å². The fraction of sp³-hybridized carbons (Fsp3) is 0.562. The third-order valence-corrected chi connectivity index (χ3v) is 3.82. The molecule has 1 unspecified atom stereocenters. The summed E-state index contributed by atoms with van der Waals surface area (Å²) in [5.74, 6) is 0.299.